The SMILES string of the molecule is CC(Nc1ccc(CCO)cc1)C(C)(C)O. The largest absolute Gasteiger partial charge is 0.396 e. The number of nitrogens with one attached hydrogen (secondary N) is 1. The molecule has 0 heterocycles. The zero-order valence-electron chi connectivity index (χ0n) is 10.2. The summed E-state index contributed by atoms with van der Waals surface area (Å²) in [5.74, 6) is 0. The average molecular weight is 223 g/mol. The van der Waals surface area contributed by atoms with Crippen LogP contribution in [-0.4, -0.2) is 28.5 Å². The molecule has 0 aliphatic carbocycles. The van der Waals surface area contributed by atoms with E-state index >= 15 is 0 Å². The minimum atomic E-state index is -0.746. The Balaban J connectivity index is 2.62. The molecular weight excluding hydrogens is 202 g/mol. The highest BCUT2D eigenvalue weighted by atomic mass is 16.3. The summed E-state index contributed by atoms with van der Waals surface area (Å²) in [6.07, 6.45) is 0.682. The maximum absolute atomic E-state index is 9.79. The van der Waals surface area contributed by atoms with Crippen molar-refractivity contribution < 1.29 is 10.2 Å². The fraction of sp³-hybridized carbons (Fsp3) is 0.538. The van der Waals surface area contributed by atoms with Crippen molar-refractivity contribution in [1.29, 1.82) is 0 Å². The fourth-order valence-electron chi connectivity index (χ4n) is 1.32. The van der Waals surface area contributed by atoms with E-state index in [1.54, 1.807) is 13.8 Å². The third-order valence-electron chi connectivity index (χ3n) is 2.80. The number of hydrogen-bond acceptors (Lipinski definition) is 3. The summed E-state index contributed by atoms with van der Waals surface area (Å²) in [6.45, 7) is 5.68. The first-order chi connectivity index (χ1) is 7.43. The number of hydrogen-bond donors (Lipinski definition) is 3. The Morgan fingerprint density at radius 1 is 1.25 bits per heavy atom. The van der Waals surface area contributed by atoms with Gasteiger partial charge in [-0.15, -0.1) is 0 Å². The third kappa shape index (κ3) is 3.83. The lowest BCUT2D eigenvalue weighted by Crippen LogP contribution is -2.39. The molecule has 90 valence electrons. The van der Waals surface area contributed by atoms with Crippen LogP contribution < -0.4 is 5.32 Å². The Kier molecular flexibility index (Phi) is 4.33. The van der Waals surface area contributed by atoms with Gasteiger partial charge in [0.15, 0.2) is 0 Å². The van der Waals surface area contributed by atoms with Gasteiger partial charge in [0.25, 0.3) is 0 Å². The van der Waals surface area contributed by atoms with Gasteiger partial charge in [0.05, 0.1) is 11.6 Å². The molecule has 1 aromatic rings. The molecular formula is C13H21NO2. The van der Waals surface area contributed by atoms with Gasteiger partial charge in [0.2, 0.25) is 0 Å². The zero-order chi connectivity index (χ0) is 12.2. The van der Waals surface area contributed by atoms with Gasteiger partial charge in [0, 0.05) is 12.3 Å². The number of anilines is 1. The van der Waals surface area contributed by atoms with Crippen LogP contribution in [0.4, 0.5) is 5.69 Å². The van der Waals surface area contributed by atoms with E-state index < -0.39 is 5.60 Å². The first kappa shape index (κ1) is 13.0. The van der Waals surface area contributed by atoms with Crippen molar-refractivity contribution in [2.45, 2.75) is 38.8 Å². The van der Waals surface area contributed by atoms with E-state index in [0.717, 1.165) is 11.3 Å². The van der Waals surface area contributed by atoms with Gasteiger partial charge in [-0.25, -0.2) is 0 Å². The average Bonchev–Trinajstić information content (AvgIpc) is 2.20. The molecule has 3 heteroatoms. The van der Waals surface area contributed by atoms with Gasteiger partial charge in [-0.1, -0.05) is 12.1 Å². The molecule has 0 fully saturated rings. The van der Waals surface area contributed by atoms with Crippen LogP contribution in [0.2, 0.25) is 0 Å². The molecule has 3 N–H and O–H groups in total. The van der Waals surface area contributed by atoms with Crippen molar-refractivity contribution >= 4 is 5.69 Å². The Bertz CT molecular complexity index is 314. The topological polar surface area (TPSA) is 52.5 Å². The van der Waals surface area contributed by atoms with Gasteiger partial charge in [0.1, 0.15) is 0 Å². The first-order valence-electron chi connectivity index (χ1n) is 5.62. The molecule has 0 saturated carbocycles. The van der Waals surface area contributed by atoms with Crippen molar-refractivity contribution in [3.8, 4) is 0 Å². The molecule has 1 aromatic carbocycles. The lowest BCUT2D eigenvalue weighted by molar-refractivity contribution is 0.0649. The van der Waals surface area contributed by atoms with E-state index in [1.807, 2.05) is 31.2 Å². The highest BCUT2D eigenvalue weighted by Gasteiger charge is 2.21. The highest BCUT2D eigenvalue weighted by Crippen LogP contribution is 2.16. The van der Waals surface area contributed by atoms with E-state index in [0.29, 0.717) is 6.42 Å². The van der Waals surface area contributed by atoms with E-state index in [4.69, 9.17) is 5.11 Å². The normalized spacial score (nSPS) is 13.6. The quantitative estimate of drug-likeness (QED) is 0.713. The van der Waals surface area contributed by atoms with Crippen LogP contribution in [0.25, 0.3) is 0 Å². The summed E-state index contributed by atoms with van der Waals surface area (Å²) >= 11 is 0. The second-order valence-electron chi connectivity index (χ2n) is 4.69. The molecule has 0 aliphatic heterocycles. The fourth-order valence-corrected chi connectivity index (χ4v) is 1.32. The first-order valence-corrected chi connectivity index (χ1v) is 5.62. The van der Waals surface area contributed by atoms with Gasteiger partial charge in [-0.2, -0.15) is 0 Å². The summed E-state index contributed by atoms with van der Waals surface area (Å²) < 4.78 is 0. The standard InChI is InChI=1S/C13H21NO2/c1-10(13(2,3)16)14-12-6-4-11(5-7-12)8-9-15/h4-7,10,14-16H,8-9H2,1-3H3. The molecule has 0 amide bonds. The van der Waals surface area contributed by atoms with Crippen molar-refractivity contribution in [1.82, 2.24) is 0 Å². The lowest BCUT2D eigenvalue weighted by Gasteiger charge is -2.27. The highest BCUT2D eigenvalue weighted by molar-refractivity contribution is 5.45. The summed E-state index contributed by atoms with van der Waals surface area (Å²) in [7, 11) is 0. The van der Waals surface area contributed by atoms with E-state index in [1.165, 1.54) is 0 Å². The molecule has 0 radical (unpaired) electrons. The van der Waals surface area contributed by atoms with Gasteiger partial charge < -0.3 is 15.5 Å². The van der Waals surface area contributed by atoms with Crippen LogP contribution in [0.3, 0.4) is 0 Å². The summed E-state index contributed by atoms with van der Waals surface area (Å²) in [5, 5.41) is 21.8. The molecule has 0 aliphatic rings. The summed E-state index contributed by atoms with van der Waals surface area (Å²) in [6, 6.07) is 7.88. The molecule has 0 aromatic heterocycles. The van der Waals surface area contributed by atoms with Crippen LogP contribution >= 0.6 is 0 Å². The van der Waals surface area contributed by atoms with Crippen LogP contribution in [0.15, 0.2) is 24.3 Å². The molecule has 3 nitrogen and oxygen atoms in total. The van der Waals surface area contributed by atoms with Crippen molar-refractivity contribution in [2.75, 3.05) is 11.9 Å². The Hall–Kier alpha value is -1.06. The van der Waals surface area contributed by atoms with Crippen LogP contribution in [0.5, 0.6) is 0 Å². The monoisotopic (exact) mass is 223 g/mol. The molecule has 16 heavy (non-hydrogen) atoms. The Morgan fingerprint density at radius 2 is 1.81 bits per heavy atom. The van der Waals surface area contributed by atoms with Crippen molar-refractivity contribution in [3.05, 3.63) is 29.8 Å². The number of rotatable bonds is 5. The van der Waals surface area contributed by atoms with E-state index in [9.17, 15) is 5.11 Å². The Morgan fingerprint density at radius 3 is 2.25 bits per heavy atom. The second-order valence-corrected chi connectivity index (χ2v) is 4.69. The third-order valence-corrected chi connectivity index (χ3v) is 2.80. The minimum Gasteiger partial charge on any atom is -0.396 e. The molecule has 0 saturated heterocycles. The van der Waals surface area contributed by atoms with Crippen molar-refractivity contribution in [3.63, 3.8) is 0 Å². The molecule has 1 rings (SSSR count). The molecule has 1 atom stereocenters. The maximum atomic E-state index is 9.79. The smallest absolute Gasteiger partial charge is 0.0789 e. The van der Waals surface area contributed by atoms with Crippen molar-refractivity contribution in [2.24, 2.45) is 0 Å². The maximum Gasteiger partial charge on any atom is 0.0789 e. The van der Waals surface area contributed by atoms with Crippen LogP contribution in [0, 0.1) is 0 Å². The molecule has 0 spiro atoms. The van der Waals surface area contributed by atoms with Crippen LogP contribution in [-0.2, 0) is 6.42 Å². The number of benzene rings is 1. The zero-order valence-corrected chi connectivity index (χ0v) is 10.2. The van der Waals surface area contributed by atoms with E-state index in [-0.39, 0.29) is 12.6 Å². The molecule has 0 bridgehead atoms. The van der Waals surface area contributed by atoms with E-state index in [2.05, 4.69) is 5.32 Å². The second kappa shape index (κ2) is 5.32. The van der Waals surface area contributed by atoms with Gasteiger partial charge in [-0.05, 0) is 44.9 Å². The minimum absolute atomic E-state index is 0.0174. The lowest BCUT2D eigenvalue weighted by atomic mass is 10.0. The predicted octanol–water partition coefficient (Wildman–Crippen LogP) is 1.79. The predicted molar refractivity (Wildman–Crippen MR) is 66.6 cm³/mol. The van der Waals surface area contributed by atoms with Gasteiger partial charge in [-0.3, -0.25) is 0 Å². The van der Waals surface area contributed by atoms with Crippen LogP contribution in [0.1, 0.15) is 26.3 Å². The summed E-state index contributed by atoms with van der Waals surface area (Å²) in [5.41, 5.74) is 1.35. The Labute approximate surface area is 97.1 Å². The number of aliphatic hydroxyl groups is 2. The number of aliphatic hydroxyl groups excluding tert-OH is 1. The molecule has 1 unspecified atom stereocenters. The van der Waals surface area contributed by atoms with Gasteiger partial charge >= 0.3 is 0 Å². The summed E-state index contributed by atoms with van der Waals surface area (Å²) in [4.78, 5) is 0.